The van der Waals surface area contributed by atoms with Gasteiger partial charge in [0.2, 0.25) is 5.88 Å². The summed E-state index contributed by atoms with van der Waals surface area (Å²) < 4.78 is 9.74. The zero-order chi connectivity index (χ0) is 12.8. The number of rotatable bonds is 4. The molecule has 0 fully saturated rings. The minimum absolute atomic E-state index is 0.283. The van der Waals surface area contributed by atoms with Crippen molar-refractivity contribution in [1.29, 1.82) is 0 Å². The Morgan fingerprint density at radius 1 is 1.47 bits per heavy atom. The quantitative estimate of drug-likeness (QED) is 0.445. The number of carbonyl (C=O) groups excluding carboxylic acids is 1. The lowest BCUT2D eigenvalue weighted by Gasteiger charge is -2.08. The highest BCUT2D eigenvalue weighted by Gasteiger charge is 2.16. The minimum atomic E-state index is -0.475. The first kappa shape index (κ1) is 13.0. The predicted octanol–water partition coefficient (Wildman–Crippen LogP) is 1.10. The first-order valence-corrected chi connectivity index (χ1v) is 4.92. The van der Waals surface area contributed by atoms with Crippen LogP contribution in [-0.2, 0) is 4.74 Å². The molecule has 1 heterocycles. The second-order valence-corrected chi connectivity index (χ2v) is 3.42. The van der Waals surface area contributed by atoms with Gasteiger partial charge in [-0.05, 0) is 6.07 Å². The normalized spacial score (nSPS) is 10.4. The largest absolute Gasteiger partial charge is 0.479 e. The molecule has 0 aliphatic carbocycles. The number of aromatic nitrogens is 1. The lowest BCUT2D eigenvalue weighted by Crippen LogP contribution is -2.08. The van der Waals surface area contributed by atoms with Crippen LogP contribution in [0.4, 0.5) is 5.69 Å². The van der Waals surface area contributed by atoms with E-state index in [9.17, 15) is 4.79 Å². The Hall–Kier alpha value is -2.11. The van der Waals surface area contributed by atoms with Crippen molar-refractivity contribution in [3.63, 3.8) is 0 Å². The summed E-state index contributed by atoms with van der Waals surface area (Å²) in [5.74, 6) is -0.192. The maximum absolute atomic E-state index is 11.6. The maximum Gasteiger partial charge on any atom is 0.340 e. The lowest BCUT2D eigenvalue weighted by atomic mass is 10.2. The molecule has 1 rings (SSSR count). The van der Waals surface area contributed by atoms with Gasteiger partial charge in [-0.15, -0.1) is 0 Å². The van der Waals surface area contributed by atoms with Crippen LogP contribution in [0.2, 0.25) is 0 Å². The highest BCUT2D eigenvalue weighted by atomic mass is 16.5. The number of pyridine rings is 1. The van der Waals surface area contributed by atoms with Crippen molar-refractivity contribution in [2.75, 3.05) is 28.3 Å². The third-order valence-electron chi connectivity index (χ3n) is 1.91. The van der Waals surface area contributed by atoms with E-state index in [2.05, 4.69) is 14.7 Å². The summed E-state index contributed by atoms with van der Waals surface area (Å²) in [4.78, 5) is 21.4. The van der Waals surface area contributed by atoms with Crippen LogP contribution in [0.15, 0.2) is 17.3 Å². The van der Waals surface area contributed by atoms with Crippen LogP contribution < -0.4 is 4.74 Å². The van der Waals surface area contributed by atoms with E-state index in [0.717, 1.165) is 0 Å². The third-order valence-corrected chi connectivity index (χ3v) is 1.91. The number of esters is 1. The smallest absolute Gasteiger partial charge is 0.340 e. The minimum Gasteiger partial charge on any atom is -0.479 e. The number of ether oxygens (including phenoxy) is 2. The number of aliphatic imine (C=N–C) groups is 1. The van der Waals surface area contributed by atoms with Gasteiger partial charge in [-0.25, -0.2) is 14.8 Å². The summed E-state index contributed by atoms with van der Waals surface area (Å²) in [6.45, 7) is 0. The van der Waals surface area contributed by atoms with Crippen molar-refractivity contribution in [1.82, 2.24) is 9.88 Å². The monoisotopic (exact) mass is 237 g/mol. The molecule has 17 heavy (non-hydrogen) atoms. The number of nitrogens with zero attached hydrogens (tertiary/aromatic N) is 3. The fraction of sp³-hybridized carbons (Fsp3) is 0.364. The molecule has 0 saturated carbocycles. The average Bonchev–Trinajstić information content (AvgIpc) is 2.34. The first-order valence-electron chi connectivity index (χ1n) is 4.92. The van der Waals surface area contributed by atoms with E-state index < -0.39 is 5.97 Å². The molecule has 92 valence electrons. The van der Waals surface area contributed by atoms with Gasteiger partial charge in [-0.2, -0.15) is 0 Å². The average molecular weight is 237 g/mol. The van der Waals surface area contributed by atoms with E-state index in [1.54, 1.807) is 11.2 Å². The number of carbonyl (C=O) groups is 1. The Morgan fingerprint density at radius 3 is 2.71 bits per heavy atom. The van der Waals surface area contributed by atoms with Gasteiger partial charge in [0.15, 0.2) is 0 Å². The topological polar surface area (TPSA) is 64.0 Å². The Kier molecular flexibility index (Phi) is 4.45. The SMILES string of the molecule is COC(=O)c1ccnc(OC)c1N=CN(C)C. The Bertz CT molecular complexity index is 430. The van der Waals surface area contributed by atoms with Crippen molar-refractivity contribution < 1.29 is 14.3 Å². The molecule has 0 aliphatic rings. The zero-order valence-electron chi connectivity index (χ0n) is 10.3. The van der Waals surface area contributed by atoms with Crippen LogP contribution >= 0.6 is 0 Å². The van der Waals surface area contributed by atoms with Crippen LogP contribution in [0.1, 0.15) is 10.4 Å². The van der Waals surface area contributed by atoms with Crippen LogP contribution in [0.5, 0.6) is 5.88 Å². The zero-order valence-corrected chi connectivity index (χ0v) is 10.3. The van der Waals surface area contributed by atoms with Gasteiger partial charge in [0.25, 0.3) is 0 Å². The van der Waals surface area contributed by atoms with Gasteiger partial charge in [-0.1, -0.05) is 0 Å². The van der Waals surface area contributed by atoms with Gasteiger partial charge in [0.05, 0.1) is 26.1 Å². The van der Waals surface area contributed by atoms with Gasteiger partial charge >= 0.3 is 5.97 Å². The Morgan fingerprint density at radius 2 is 2.18 bits per heavy atom. The van der Waals surface area contributed by atoms with Gasteiger partial charge in [-0.3, -0.25) is 0 Å². The van der Waals surface area contributed by atoms with E-state index in [4.69, 9.17) is 4.74 Å². The molecule has 0 saturated heterocycles. The number of methoxy groups -OCH3 is 2. The van der Waals surface area contributed by atoms with Crippen molar-refractivity contribution in [3.05, 3.63) is 17.8 Å². The summed E-state index contributed by atoms with van der Waals surface area (Å²) in [5.41, 5.74) is 0.674. The molecule has 0 N–H and O–H groups in total. The molecule has 0 radical (unpaired) electrons. The van der Waals surface area contributed by atoms with Crippen LogP contribution in [0, 0.1) is 0 Å². The van der Waals surface area contributed by atoms with Crippen molar-refractivity contribution >= 4 is 18.0 Å². The van der Waals surface area contributed by atoms with Gasteiger partial charge < -0.3 is 14.4 Å². The van der Waals surface area contributed by atoms with E-state index in [-0.39, 0.29) is 5.88 Å². The summed E-state index contributed by atoms with van der Waals surface area (Å²) in [7, 11) is 6.43. The molecule has 0 aromatic carbocycles. The highest BCUT2D eigenvalue weighted by Crippen LogP contribution is 2.29. The molecule has 1 aromatic rings. The van der Waals surface area contributed by atoms with Crippen molar-refractivity contribution in [2.45, 2.75) is 0 Å². The highest BCUT2D eigenvalue weighted by molar-refractivity contribution is 5.96. The van der Waals surface area contributed by atoms with Crippen molar-refractivity contribution in [3.8, 4) is 5.88 Å². The van der Waals surface area contributed by atoms with Crippen molar-refractivity contribution in [2.24, 2.45) is 4.99 Å². The van der Waals surface area contributed by atoms with E-state index in [1.165, 1.54) is 26.5 Å². The summed E-state index contributed by atoms with van der Waals surface area (Å²) in [5, 5.41) is 0. The van der Waals surface area contributed by atoms with Gasteiger partial charge in [0, 0.05) is 20.3 Å². The van der Waals surface area contributed by atoms with Crippen LogP contribution in [0.3, 0.4) is 0 Å². The summed E-state index contributed by atoms with van der Waals surface area (Å²) in [6.07, 6.45) is 3.03. The standard InChI is InChI=1S/C11H15N3O3/c1-14(2)7-13-9-8(11(15)17-4)5-6-12-10(9)16-3/h5-7H,1-4H3. The molecule has 0 atom stereocenters. The van der Waals surface area contributed by atoms with Crippen LogP contribution in [0.25, 0.3) is 0 Å². The van der Waals surface area contributed by atoms with E-state index >= 15 is 0 Å². The molecule has 1 aromatic heterocycles. The molecule has 6 heteroatoms. The second kappa shape index (κ2) is 5.83. The lowest BCUT2D eigenvalue weighted by molar-refractivity contribution is 0.0601. The molecule has 0 spiro atoms. The number of hydrogen-bond acceptors (Lipinski definition) is 5. The van der Waals surface area contributed by atoms with Gasteiger partial charge in [0.1, 0.15) is 5.69 Å². The molecule has 0 bridgehead atoms. The predicted molar refractivity (Wildman–Crippen MR) is 64.0 cm³/mol. The molecule has 6 nitrogen and oxygen atoms in total. The van der Waals surface area contributed by atoms with E-state index in [0.29, 0.717) is 11.3 Å². The molecular formula is C11H15N3O3. The van der Waals surface area contributed by atoms with Crippen LogP contribution in [-0.4, -0.2) is 50.5 Å². The Balaban J connectivity index is 3.25. The fourth-order valence-corrected chi connectivity index (χ4v) is 1.16. The van der Waals surface area contributed by atoms with E-state index in [1.807, 2.05) is 14.1 Å². The molecule has 0 unspecified atom stereocenters. The maximum atomic E-state index is 11.6. The fourth-order valence-electron chi connectivity index (χ4n) is 1.16. The summed E-state index contributed by atoms with van der Waals surface area (Å²) in [6, 6.07) is 1.54. The number of hydrogen-bond donors (Lipinski definition) is 0. The second-order valence-electron chi connectivity index (χ2n) is 3.42. The third kappa shape index (κ3) is 3.17. The molecular weight excluding hydrogens is 222 g/mol. The first-order chi connectivity index (χ1) is 8.10. The molecule has 0 aliphatic heterocycles. The summed E-state index contributed by atoms with van der Waals surface area (Å²) >= 11 is 0. The Labute approximate surface area is 99.9 Å². The molecule has 0 amide bonds.